The molecule has 0 radical (unpaired) electrons. The summed E-state index contributed by atoms with van der Waals surface area (Å²) in [5.41, 5.74) is 3.55. The molecule has 234 valence electrons. The van der Waals surface area contributed by atoms with Gasteiger partial charge >= 0.3 is 0 Å². The summed E-state index contributed by atoms with van der Waals surface area (Å²) in [4.78, 5) is 29.3. The van der Waals surface area contributed by atoms with Gasteiger partial charge in [0.05, 0.1) is 22.2 Å². The lowest BCUT2D eigenvalue weighted by Crippen LogP contribution is -2.63. The van der Waals surface area contributed by atoms with Crippen LogP contribution in [0.15, 0.2) is 36.7 Å². The van der Waals surface area contributed by atoms with Gasteiger partial charge in [0, 0.05) is 63.4 Å². The monoisotopic (exact) mass is 608 g/mol. The zero-order valence-corrected chi connectivity index (χ0v) is 27.1. The predicted octanol–water partition coefficient (Wildman–Crippen LogP) is 4.04. The molecule has 3 saturated heterocycles. The van der Waals surface area contributed by atoms with Crippen molar-refractivity contribution in [2.24, 2.45) is 5.92 Å². The van der Waals surface area contributed by atoms with Crippen LogP contribution in [0.25, 0.3) is 0 Å². The molecule has 1 aromatic heterocycles. The number of rotatable bonds is 7. The number of hydrogen-bond donors (Lipinski definition) is 0. The van der Waals surface area contributed by atoms with Crippen molar-refractivity contribution in [3.8, 4) is 0 Å². The standard InChI is InChI=1S/C33H48N6O3S/c1-24-22-37(33(4)14-18-36(19-15-33)32(40)30-25(2)34-23-35-26(30)3)20-21-39(24)31(27-8-6-5-7-9-27)28-12-16-38(17-13-28)43(41,42)29-10-11-29/h5-9,23-24,28-29,31H,10-22H2,1-4H3/t24-,31+/m0/s1. The third-order valence-corrected chi connectivity index (χ3v) is 13.2. The Kier molecular flexibility index (Phi) is 8.67. The maximum atomic E-state index is 13.4. The Morgan fingerprint density at radius 1 is 0.907 bits per heavy atom. The van der Waals surface area contributed by atoms with Gasteiger partial charge in [0.25, 0.3) is 5.91 Å². The van der Waals surface area contributed by atoms with E-state index in [1.807, 2.05) is 18.7 Å². The zero-order chi connectivity index (χ0) is 30.4. The van der Waals surface area contributed by atoms with Crippen LogP contribution >= 0.6 is 0 Å². The minimum Gasteiger partial charge on any atom is -0.338 e. The van der Waals surface area contributed by atoms with Crippen LogP contribution < -0.4 is 0 Å². The summed E-state index contributed by atoms with van der Waals surface area (Å²) in [5.74, 6) is 0.485. The average Bonchev–Trinajstić information content (AvgIpc) is 3.86. The molecule has 1 amide bonds. The Morgan fingerprint density at radius 3 is 2.12 bits per heavy atom. The van der Waals surface area contributed by atoms with Crippen molar-refractivity contribution in [1.29, 1.82) is 0 Å². The fraction of sp³-hybridized carbons (Fsp3) is 0.667. The molecule has 2 atom stereocenters. The van der Waals surface area contributed by atoms with Gasteiger partial charge in [-0.05, 0) is 77.7 Å². The van der Waals surface area contributed by atoms with Gasteiger partial charge in [-0.1, -0.05) is 30.3 Å². The highest BCUT2D eigenvalue weighted by atomic mass is 32.2. The fourth-order valence-electron chi connectivity index (χ4n) is 7.85. The molecule has 3 aliphatic heterocycles. The first-order valence-electron chi connectivity index (χ1n) is 16.2. The van der Waals surface area contributed by atoms with E-state index in [9.17, 15) is 13.2 Å². The van der Waals surface area contributed by atoms with Gasteiger partial charge in [-0.25, -0.2) is 22.7 Å². The molecule has 1 aliphatic carbocycles. The smallest absolute Gasteiger partial charge is 0.257 e. The molecule has 1 saturated carbocycles. The molecule has 9 nitrogen and oxygen atoms in total. The molecular formula is C33H48N6O3S. The average molecular weight is 609 g/mol. The first kappa shape index (κ1) is 30.6. The van der Waals surface area contributed by atoms with Gasteiger partial charge in [-0.2, -0.15) is 0 Å². The second-order valence-corrected chi connectivity index (χ2v) is 15.8. The molecule has 2 aromatic rings. The number of hydrogen-bond acceptors (Lipinski definition) is 7. The van der Waals surface area contributed by atoms with Crippen LogP contribution in [0.1, 0.15) is 85.7 Å². The second-order valence-electron chi connectivity index (χ2n) is 13.6. The van der Waals surface area contributed by atoms with Gasteiger partial charge in [0.15, 0.2) is 0 Å². The van der Waals surface area contributed by atoms with Gasteiger partial charge in [-0.15, -0.1) is 0 Å². The minimum atomic E-state index is -3.11. The van der Waals surface area contributed by atoms with Gasteiger partial charge in [-0.3, -0.25) is 14.6 Å². The van der Waals surface area contributed by atoms with Crippen LogP contribution in [-0.4, -0.2) is 106 Å². The number of piperazine rings is 1. The van der Waals surface area contributed by atoms with E-state index in [0.717, 1.165) is 82.6 Å². The maximum absolute atomic E-state index is 13.4. The number of amides is 1. The van der Waals surface area contributed by atoms with Crippen molar-refractivity contribution >= 4 is 15.9 Å². The van der Waals surface area contributed by atoms with Gasteiger partial charge in [0.2, 0.25) is 10.0 Å². The van der Waals surface area contributed by atoms with Crippen LogP contribution in [0.5, 0.6) is 0 Å². The molecular weight excluding hydrogens is 560 g/mol. The molecule has 0 unspecified atom stereocenters. The molecule has 0 N–H and O–H groups in total. The predicted molar refractivity (Wildman–Crippen MR) is 168 cm³/mol. The molecule has 0 spiro atoms. The summed E-state index contributed by atoms with van der Waals surface area (Å²) in [6.45, 7) is 14.3. The van der Waals surface area contributed by atoms with E-state index in [1.165, 1.54) is 11.9 Å². The van der Waals surface area contributed by atoms with E-state index in [4.69, 9.17) is 0 Å². The Bertz CT molecular complexity index is 1380. The number of likely N-dealkylation sites (tertiary alicyclic amines) is 1. The Morgan fingerprint density at radius 2 is 1.53 bits per heavy atom. The lowest BCUT2D eigenvalue weighted by Gasteiger charge is -2.54. The van der Waals surface area contributed by atoms with E-state index in [2.05, 4.69) is 63.9 Å². The van der Waals surface area contributed by atoms with E-state index in [1.54, 1.807) is 4.31 Å². The third kappa shape index (κ3) is 6.13. The number of piperidine rings is 2. The Hall–Kier alpha value is -2.40. The summed E-state index contributed by atoms with van der Waals surface area (Å²) >= 11 is 0. The largest absolute Gasteiger partial charge is 0.338 e. The second kappa shape index (κ2) is 12.2. The highest BCUT2D eigenvalue weighted by Crippen LogP contribution is 2.41. The molecule has 0 bridgehead atoms. The Labute approximate surface area is 257 Å². The zero-order valence-electron chi connectivity index (χ0n) is 26.3. The summed E-state index contributed by atoms with van der Waals surface area (Å²) in [6.07, 6.45) is 6.90. The quantitative estimate of drug-likeness (QED) is 0.469. The molecule has 4 aliphatic rings. The van der Waals surface area contributed by atoms with Crippen LogP contribution in [0, 0.1) is 19.8 Å². The maximum Gasteiger partial charge on any atom is 0.257 e. The minimum absolute atomic E-state index is 0.0533. The number of carbonyl (C=O) groups is 1. The van der Waals surface area contributed by atoms with Gasteiger partial charge < -0.3 is 4.90 Å². The van der Waals surface area contributed by atoms with Crippen molar-refractivity contribution in [2.45, 2.75) is 89.1 Å². The van der Waals surface area contributed by atoms with Crippen molar-refractivity contribution in [1.82, 2.24) is 29.0 Å². The number of aromatic nitrogens is 2. The van der Waals surface area contributed by atoms with Gasteiger partial charge in [0.1, 0.15) is 6.33 Å². The summed E-state index contributed by atoms with van der Waals surface area (Å²) in [5, 5.41) is -0.131. The van der Waals surface area contributed by atoms with E-state index in [-0.39, 0.29) is 22.7 Å². The van der Waals surface area contributed by atoms with Crippen LogP contribution in [0.4, 0.5) is 0 Å². The fourth-order valence-corrected chi connectivity index (χ4v) is 9.72. The molecule has 4 heterocycles. The number of sulfonamides is 1. The van der Waals surface area contributed by atoms with Crippen molar-refractivity contribution in [3.05, 3.63) is 59.2 Å². The SMILES string of the molecule is Cc1ncnc(C)c1C(=O)N1CCC(C)(N2CCN([C@H](c3ccccc3)C3CCN(S(=O)(=O)C4CC4)CC3)[C@@H](C)C2)CC1. The summed E-state index contributed by atoms with van der Waals surface area (Å²) in [6, 6.07) is 11.5. The number of aryl methyl sites for hydroxylation is 2. The summed E-state index contributed by atoms with van der Waals surface area (Å²) < 4.78 is 27.6. The highest BCUT2D eigenvalue weighted by Gasteiger charge is 2.45. The van der Waals surface area contributed by atoms with Crippen LogP contribution in [0.3, 0.4) is 0 Å². The highest BCUT2D eigenvalue weighted by molar-refractivity contribution is 7.90. The molecule has 1 aromatic carbocycles. The summed E-state index contributed by atoms with van der Waals surface area (Å²) in [7, 11) is -3.11. The lowest BCUT2D eigenvalue weighted by molar-refractivity contribution is -0.0421. The third-order valence-electron chi connectivity index (χ3n) is 10.8. The molecule has 6 rings (SSSR count). The van der Waals surface area contributed by atoms with E-state index < -0.39 is 10.0 Å². The first-order valence-corrected chi connectivity index (χ1v) is 17.7. The molecule has 43 heavy (non-hydrogen) atoms. The number of carbonyl (C=O) groups excluding carboxylic acids is 1. The van der Waals surface area contributed by atoms with Crippen molar-refractivity contribution in [3.63, 3.8) is 0 Å². The normalized spacial score (nSPS) is 25.5. The lowest BCUT2D eigenvalue weighted by atomic mass is 9.82. The molecule has 10 heteroatoms. The van der Waals surface area contributed by atoms with Crippen LogP contribution in [-0.2, 0) is 10.0 Å². The Balaban J connectivity index is 1.11. The van der Waals surface area contributed by atoms with Crippen LogP contribution in [0.2, 0.25) is 0 Å². The van der Waals surface area contributed by atoms with Crippen molar-refractivity contribution in [2.75, 3.05) is 45.8 Å². The number of nitrogens with zero attached hydrogens (tertiary/aromatic N) is 6. The van der Waals surface area contributed by atoms with Crippen molar-refractivity contribution < 1.29 is 13.2 Å². The number of benzene rings is 1. The van der Waals surface area contributed by atoms with E-state index in [0.29, 0.717) is 30.6 Å². The topological polar surface area (TPSA) is 90.0 Å². The van der Waals surface area contributed by atoms with E-state index >= 15 is 0 Å². The first-order chi connectivity index (χ1) is 20.6. The molecule has 4 fully saturated rings.